The quantitative estimate of drug-likeness (QED) is 0.0472. The van der Waals surface area contributed by atoms with Crippen LogP contribution in [0, 0.1) is 23.2 Å². The molecular weight excluding hydrogens is 788 g/mol. The Bertz CT molecular complexity index is 1850. The van der Waals surface area contributed by atoms with Crippen molar-refractivity contribution in [1.29, 1.82) is 0 Å². The number of fused-ring (bicyclic) bond motifs is 5. The molecular formula is C51H65F5O5. The number of benzene rings is 3. The largest absolute Gasteiger partial charge is 0.489 e. The molecule has 0 aliphatic heterocycles. The number of carbonyl (C=O) groups excluding carboxylic acids is 1. The van der Waals surface area contributed by atoms with Crippen molar-refractivity contribution < 1.29 is 46.1 Å². The van der Waals surface area contributed by atoms with E-state index < -0.39 is 30.0 Å². The summed E-state index contributed by atoms with van der Waals surface area (Å²) in [5.41, 5.74) is 3.64. The molecule has 0 amide bonds. The maximum atomic E-state index is 13.3. The van der Waals surface area contributed by atoms with Crippen molar-refractivity contribution in [2.24, 2.45) is 23.2 Å². The Labute approximate surface area is 359 Å². The van der Waals surface area contributed by atoms with Gasteiger partial charge in [-0.1, -0.05) is 111 Å². The SMILES string of the molecule is CCOC(=O)C(CCCCC/C=C/C[C@]1(O)C[C@@]2(C)C(CC[C@@H]2OCc2ccccc2)C2CCc3cc(OCc4ccccc4)ccc3C21)CCCCCC(F)(F)C(F)(F)F. The highest BCUT2D eigenvalue weighted by Crippen LogP contribution is 2.65. The van der Waals surface area contributed by atoms with Gasteiger partial charge in [-0.25, -0.2) is 0 Å². The predicted molar refractivity (Wildman–Crippen MR) is 228 cm³/mol. The second-order valence-corrected chi connectivity index (χ2v) is 18.1. The molecule has 0 bridgehead atoms. The molecule has 0 saturated heterocycles. The molecule has 0 heterocycles. The van der Waals surface area contributed by atoms with E-state index >= 15 is 0 Å². The summed E-state index contributed by atoms with van der Waals surface area (Å²) in [5, 5.41) is 13.1. The number of alkyl halides is 5. The average Bonchev–Trinajstić information content (AvgIpc) is 3.56. The lowest BCUT2D eigenvalue weighted by molar-refractivity contribution is -0.284. The zero-order valence-corrected chi connectivity index (χ0v) is 36.0. The number of rotatable bonds is 22. The Morgan fingerprint density at radius 2 is 1.51 bits per heavy atom. The number of hydrogen-bond acceptors (Lipinski definition) is 5. The number of hydrogen-bond donors (Lipinski definition) is 1. The maximum Gasteiger partial charge on any atom is 0.453 e. The molecule has 7 atom stereocenters. The van der Waals surface area contributed by atoms with Crippen LogP contribution in [0.15, 0.2) is 91.0 Å². The van der Waals surface area contributed by atoms with E-state index in [-0.39, 0.29) is 42.9 Å². The van der Waals surface area contributed by atoms with E-state index in [1.165, 1.54) is 11.1 Å². The van der Waals surface area contributed by atoms with Crippen LogP contribution in [0.5, 0.6) is 5.75 Å². The van der Waals surface area contributed by atoms with Crippen molar-refractivity contribution >= 4 is 5.97 Å². The van der Waals surface area contributed by atoms with Gasteiger partial charge in [0.2, 0.25) is 0 Å². The molecule has 3 aromatic carbocycles. The minimum absolute atomic E-state index is 0.00374. The number of esters is 1. The fraction of sp³-hybridized carbons (Fsp3) is 0.588. The molecule has 4 unspecified atom stereocenters. The van der Waals surface area contributed by atoms with Crippen LogP contribution in [0.4, 0.5) is 22.0 Å². The van der Waals surface area contributed by atoms with Crippen molar-refractivity contribution in [3.05, 3.63) is 113 Å². The van der Waals surface area contributed by atoms with Gasteiger partial charge in [-0.2, -0.15) is 22.0 Å². The number of unbranched alkanes of at least 4 members (excludes halogenated alkanes) is 5. The van der Waals surface area contributed by atoms with E-state index in [1.807, 2.05) is 36.4 Å². The summed E-state index contributed by atoms with van der Waals surface area (Å²) in [6, 6.07) is 26.9. The summed E-state index contributed by atoms with van der Waals surface area (Å²) in [6.07, 6.45) is 7.49. The number of halogens is 5. The molecule has 3 aromatic rings. The second-order valence-electron chi connectivity index (χ2n) is 18.1. The van der Waals surface area contributed by atoms with Crippen molar-refractivity contribution in [2.75, 3.05) is 6.61 Å². The number of ether oxygens (including phenoxy) is 3. The zero-order valence-electron chi connectivity index (χ0n) is 36.0. The van der Waals surface area contributed by atoms with E-state index in [2.05, 4.69) is 61.5 Å². The third-order valence-corrected chi connectivity index (χ3v) is 13.9. The van der Waals surface area contributed by atoms with Crippen LogP contribution in [0.25, 0.3) is 0 Å². The first-order valence-corrected chi connectivity index (χ1v) is 22.7. The van der Waals surface area contributed by atoms with Gasteiger partial charge < -0.3 is 19.3 Å². The topological polar surface area (TPSA) is 65.0 Å². The summed E-state index contributed by atoms with van der Waals surface area (Å²) in [7, 11) is 0. The van der Waals surface area contributed by atoms with E-state index in [9.17, 15) is 31.9 Å². The minimum atomic E-state index is -5.54. The van der Waals surface area contributed by atoms with Crippen LogP contribution in [-0.2, 0) is 33.9 Å². The normalized spacial score (nSPS) is 25.4. The Balaban J connectivity index is 1.07. The molecule has 10 heteroatoms. The first-order valence-electron chi connectivity index (χ1n) is 22.7. The van der Waals surface area contributed by atoms with Crippen LogP contribution in [0.2, 0.25) is 0 Å². The third-order valence-electron chi connectivity index (χ3n) is 13.9. The molecule has 2 fully saturated rings. The molecule has 6 rings (SSSR count). The van der Waals surface area contributed by atoms with Crippen LogP contribution in [0.1, 0.15) is 138 Å². The highest BCUT2D eigenvalue weighted by Gasteiger charge is 2.63. The van der Waals surface area contributed by atoms with Gasteiger partial charge in [0.1, 0.15) is 12.4 Å². The molecule has 2 saturated carbocycles. The van der Waals surface area contributed by atoms with Crippen molar-refractivity contribution in [2.45, 2.75) is 160 Å². The van der Waals surface area contributed by atoms with Crippen LogP contribution >= 0.6 is 0 Å². The van der Waals surface area contributed by atoms with Crippen molar-refractivity contribution in [3.8, 4) is 5.75 Å². The molecule has 3 aliphatic carbocycles. The Hall–Kier alpha value is -3.76. The average molecular weight is 853 g/mol. The van der Waals surface area contributed by atoms with Gasteiger partial charge >= 0.3 is 18.1 Å². The van der Waals surface area contributed by atoms with Gasteiger partial charge in [0.15, 0.2) is 0 Å². The highest BCUT2D eigenvalue weighted by atomic mass is 19.4. The Morgan fingerprint density at radius 3 is 2.18 bits per heavy atom. The summed E-state index contributed by atoms with van der Waals surface area (Å²) in [5.74, 6) is -3.81. The highest BCUT2D eigenvalue weighted by molar-refractivity contribution is 5.72. The molecule has 334 valence electrons. The summed E-state index contributed by atoms with van der Waals surface area (Å²) >= 11 is 0. The zero-order chi connectivity index (χ0) is 43.5. The summed E-state index contributed by atoms with van der Waals surface area (Å²) in [6.45, 7) is 5.36. The number of allylic oxidation sites excluding steroid dienone is 1. The Morgan fingerprint density at radius 1 is 0.836 bits per heavy atom. The van der Waals surface area contributed by atoms with Gasteiger partial charge in [-0.05, 0) is 129 Å². The molecule has 0 spiro atoms. The fourth-order valence-corrected chi connectivity index (χ4v) is 10.9. The minimum Gasteiger partial charge on any atom is -0.489 e. The predicted octanol–water partition coefficient (Wildman–Crippen LogP) is 13.3. The van der Waals surface area contributed by atoms with E-state index in [0.29, 0.717) is 57.2 Å². The first-order chi connectivity index (χ1) is 29.2. The lowest BCUT2D eigenvalue weighted by Crippen LogP contribution is -2.56. The van der Waals surface area contributed by atoms with Gasteiger partial charge in [-0.15, -0.1) is 0 Å². The standard InChI is InChI=1S/C51H65F5O5/c1-3-59-47(57)39(24-16-10-18-32-50(52,53)51(54,55)56)23-15-6-4-5-7-17-31-49(58)36-48(2)44(29-30-45(48)61-35-38-21-13-9-14-22-38)43-27-25-40-33-41(26-28-42(40)46(43)49)60-34-37-19-11-8-12-20-37/h7-9,11-14,17,19-22,26,28,33,39,43-46,58H,3-6,10,15-16,18,23-25,27,29-32,34-36H2,1-2H3/b17-7+/t39?,43?,44?,45-,46?,48-,49-/m0/s1. The van der Waals surface area contributed by atoms with Crippen molar-refractivity contribution in [3.63, 3.8) is 0 Å². The van der Waals surface area contributed by atoms with Crippen molar-refractivity contribution in [1.82, 2.24) is 0 Å². The lowest BCUT2D eigenvalue weighted by atomic mass is 9.49. The van der Waals surface area contributed by atoms with Gasteiger partial charge in [0.05, 0.1) is 30.8 Å². The molecule has 3 aliphatic rings. The molecule has 61 heavy (non-hydrogen) atoms. The number of aliphatic hydroxyl groups is 1. The Kier molecular flexibility index (Phi) is 16.1. The van der Waals surface area contributed by atoms with Gasteiger partial charge in [0, 0.05) is 12.3 Å². The fourth-order valence-electron chi connectivity index (χ4n) is 10.9. The molecule has 0 radical (unpaired) electrons. The van der Waals surface area contributed by atoms with Crippen LogP contribution < -0.4 is 4.74 Å². The molecule has 0 aromatic heterocycles. The smallest absolute Gasteiger partial charge is 0.453 e. The summed E-state index contributed by atoms with van der Waals surface area (Å²) < 4.78 is 82.4. The monoisotopic (exact) mass is 852 g/mol. The lowest BCUT2D eigenvalue weighted by Gasteiger charge is -2.58. The summed E-state index contributed by atoms with van der Waals surface area (Å²) in [4.78, 5) is 12.6. The third kappa shape index (κ3) is 11.8. The number of aryl methyl sites for hydroxylation is 1. The second kappa shape index (κ2) is 21.1. The number of carbonyl (C=O) groups is 1. The molecule has 5 nitrogen and oxygen atoms in total. The van der Waals surface area contributed by atoms with Gasteiger partial charge in [-0.3, -0.25) is 4.79 Å². The van der Waals surface area contributed by atoms with Crippen LogP contribution in [0.3, 0.4) is 0 Å². The van der Waals surface area contributed by atoms with E-state index in [4.69, 9.17) is 14.2 Å². The maximum absolute atomic E-state index is 13.3. The first kappa shape index (κ1) is 46.7. The molecule has 1 N–H and O–H groups in total. The van der Waals surface area contributed by atoms with E-state index in [1.54, 1.807) is 6.92 Å². The van der Waals surface area contributed by atoms with E-state index in [0.717, 1.165) is 68.2 Å². The van der Waals surface area contributed by atoms with Gasteiger partial charge in [0.25, 0.3) is 0 Å². The van der Waals surface area contributed by atoms with Crippen LogP contribution in [-0.4, -0.2) is 41.5 Å².